The van der Waals surface area contributed by atoms with Crippen molar-refractivity contribution in [2.45, 2.75) is 46.0 Å². The average Bonchev–Trinajstić information content (AvgIpc) is 2.15. The first kappa shape index (κ1) is 11.3. The SMILES string of the molecule is CC(C)[C@@H]1CC=C(CCC(=O)O)CC1. The molecule has 0 saturated carbocycles. The molecule has 0 aliphatic heterocycles. The maximum absolute atomic E-state index is 10.4. The Bertz CT molecular complexity index is 228. The Balaban J connectivity index is 2.33. The van der Waals surface area contributed by atoms with Crippen LogP contribution in [0.2, 0.25) is 0 Å². The standard InChI is InChI=1S/C12H20O2/c1-9(2)11-6-3-10(4-7-11)5-8-12(13)14/h3,9,11H,4-8H2,1-2H3,(H,13,14)/t11-/m1/s1. The molecule has 0 aromatic heterocycles. The molecule has 2 heteroatoms. The molecule has 1 aliphatic carbocycles. The van der Waals surface area contributed by atoms with Crippen LogP contribution in [0, 0.1) is 11.8 Å². The van der Waals surface area contributed by atoms with Crippen molar-refractivity contribution >= 4 is 5.97 Å². The third-order valence-corrected chi connectivity index (χ3v) is 3.15. The third kappa shape index (κ3) is 3.52. The van der Waals surface area contributed by atoms with Crippen molar-refractivity contribution in [3.05, 3.63) is 11.6 Å². The van der Waals surface area contributed by atoms with E-state index in [4.69, 9.17) is 5.11 Å². The normalized spacial score (nSPS) is 22.2. The van der Waals surface area contributed by atoms with Gasteiger partial charge in [0.1, 0.15) is 0 Å². The second kappa shape index (κ2) is 5.18. The topological polar surface area (TPSA) is 37.3 Å². The molecule has 0 fully saturated rings. The summed E-state index contributed by atoms with van der Waals surface area (Å²) in [7, 11) is 0. The maximum atomic E-state index is 10.4. The van der Waals surface area contributed by atoms with Gasteiger partial charge in [-0.2, -0.15) is 0 Å². The molecule has 2 nitrogen and oxygen atoms in total. The quantitative estimate of drug-likeness (QED) is 0.701. The van der Waals surface area contributed by atoms with Crippen molar-refractivity contribution in [1.82, 2.24) is 0 Å². The molecule has 0 spiro atoms. The Morgan fingerprint density at radius 2 is 2.36 bits per heavy atom. The summed E-state index contributed by atoms with van der Waals surface area (Å²) < 4.78 is 0. The maximum Gasteiger partial charge on any atom is 0.303 e. The van der Waals surface area contributed by atoms with Gasteiger partial charge in [0, 0.05) is 6.42 Å². The van der Waals surface area contributed by atoms with Crippen LogP contribution >= 0.6 is 0 Å². The van der Waals surface area contributed by atoms with Gasteiger partial charge in [0.2, 0.25) is 0 Å². The van der Waals surface area contributed by atoms with E-state index >= 15 is 0 Å². The highest BCUT2D eigenvalue weighted by Gasteiger charge is 2.17. The van der Waals surface area contributed by atoms with Crippen molar-refractivity contribution in [2.24, 2.45) is 11.8 Å². The molecule has 0 heterocycles. The van der Waals surface area contributed by atoms with Crippen molar-refractivity contribution in [2.75, 3.05) is 0 Å². The van der Waals surface area contributed by atoms with Gasteiger partial charge in [-0.1, -0.05) is 25.5 Å². The number of carboxylic acids is 1. The molecule has 0 aromatic carbocycles. The van der Waals surface area contributed by atoms with Gasteiger partial charge in [0.15, 0.2) is 0 Å². The number of rotatable bonds is 4. The molecular weight excluding hydrogens is 176 g/mol. The van der Waals surface area contributed by atoms with Crippen LogP contribution in [0.5, 0.6) is 0 Å². The van der Waals surface area contributed by atoms with Gasteiger partial charge in [-0.25, -0.2) is 0 Å². The molecule has 0 bridgehead atoms. The second-order valence-electron chi connectivity index (χ2n) is 4.53. The fraction of sp³-hybridized carbons (Fsp3) is 0.750. The van der Waals surface area contributed by atoms with Crippen LogP contribution in [0.4, 0.5) is 0 Å². The van der Waals surface area contributed by atoms with E-state index in [1.165, 1.54) is 12.0 Å². The average molecular weight is 196 g/mol. The van der Waals surface area contributed by atoms with Gasteiger partial charge in [-0.15, -0.1) is 0 Å². The molecule has 0 saturated heterocycles. The summed E-state index contributed by atoms with van der Waals surface area (Å²) in [4.78, 5) is 10.4. The van der Waals surface area contributed by atoms with E-state index in [1.54, 1.807) is 0 Å². The smallest absolute Gasteiger partial charge is 0.303 e. The highest BCUT2D eigenvalue weighted by molar-refractivity contribution is 5.67. The van der Waals surface area contributed by atoms with Gasteiger partial charge in [0.05, 0.1) is 0 Å². The van der Waals surface area contributed by atoms with Gasteiger partial charge >= 0.3 is 5.97 Å². The molecule has 80 valence electrons. The number of carbonyl (C=O) groups is 1. The van der Waals surface area contributed by atoms with Crippen LogP contribution in [0.1, 0.15) is 46.0 Å². The van der Waals surface area contributed by atoms with Gasteiger partial charge in [-0.05, 0) is 37.5 Å². The summed E-state index contributed by atoms with van der Waals surface area (Å²) in [6.45, 7) is 4.53. The monoisotopic (exact) mass is 196 g/mol. The number of aliphatic carboxylic acids is 1. The second-order valence-corrected chi connectivity index (χ2v) is 4.53. The lowest BCUT2D eigenvalue weighted by Gasteiger charge is -2.24. The summed E-state index contributed by atoms with van der Waals surface area (Å²) in [6, 6.07) is 0. The lowest BCUT2D eigenvalue weighted by Crippen LogP contribution is -2.12. The molecule has 1 aliphatic rings. The predicted octanol–water partition coefficient (Wildman–Crippen LogP) is 3.23. The highest BCUT2D eigenvalue weighted by atomic mass is 16.4. The minimum absolute atomic E-state index is 0.290. The zero-order chi connectivity index (χ0) is 10.6. The predicted molar refractivity (Wildman–Crippen MR) is 57.1 cm³/mol. The van der Waals surface area contributed by atoms with Crippen LogP contribution in [0.3, 0.4) is 0 Å². The minimum atomic E-state index is -0.683. The van der Waals surface area contributed by atoms with Crippen molar-refractivity contribution in [3.8, 4) is 0 Å². The number of allylic oxidation sites excluding steroid dienone is 2. The van der Waals surface area contributed by atoms with E-state index in [-0.39, 0.29) is 6.42 Å². The van der Waals surface area contributed by atoms with E-state index in [2.05, 4.69) is 19.9 Å². The summed E-state index contributed by atoms with van der Waals surface area (Å²) in [5, 5.41) is 8.56. The molecule has 0 amide bonds. The van der Waals surface area contributed by atoms with E-state index < -0.39 is 5.97 Å². The zero-order valence-corrected chi connectivity index (χ0v) is 9.12. The van der Waals surface area contributed by atoms with E-state index in [9.17, 15) is 4.79 Å². The molecular formula is C12H20O2. The summed E-state index contributed by atoms with van der Waals surface area (Å²) in [5.74, 6) is 0.882. The Labute approximate surface area is 86.0 Å². The fourth-order valence-corrected chi connectivity index (χ4v) is 2.01. The zero-order valence-electron chi connectivity index (χ0n) is 9.12. The first-order valence-electron chi connectivity index (χ1n) is 5.49. The molecule has 0 aromatic rings. The number of hydrogen-bond acceptors (Lipinski definition) is 1. The molecule has 1 rings (SSSR count). The molecule has 0 radical (unpaired) electrons. The number of hydrogen-bond donors (Lipinski definition) is 1. The molecule has 1 atom stereocenters. The van der Waals surface area contributed by atoms with Crippen LogP contribution in [0.15, 0.2) is 11.6 Å². The van der Waals surface area contributed by atoms with Crippen LogP contribution in [-0.4, -0.2) is 11.1 Å². The minimum Gasteiger partial charge on any atom is -0.481 e. The van der Waals surface area contributed by atoms with Crippen molar-refractivity contribution in [3.63, 3.8) is 0 Å². The van der Waals surface area contributed by atoms with E-state index in [0.29, 0.717) is 0 Å². The van der Waals surface area contributed by atoms with E-state index in [1.807, 2.05) is 0 Å². The van der Waals surface area contributed by atoms with E-state index in [0.717, 1.165) is 31.1 Å². The first-order chi connectivity index (χ1) is 6.59. The largest absolute Gasteiger partial charge is 0.481 e. The summed E-state index contributed by atoms with van der Waals surface area (Å²) in [6.07, 6.45) is 6.79. The molecule has 0 unspecified atom stereocenters. The number of carboxylic acid groups (broad SMARTS) is 1. The highest BCUT2D eigenvalue weighted by Crippen LogP contribution is 2.30. The fourth-order valence-electron chi connectivity index (χ4n) is 2.01. The van der Waals surface area contributed by atoms with Gasteiger partial charge in [0.25, 0.3) is 0 Å². The molecule has 14 heavy (non-hydrogen) atoms. The van der Waals surface area contributed by atoms with Crippen molar-refractivity contribution in [1.29, 1.82) is 0 Å². The lowest BCUT2D eigenvalue weighted by molar-refractivity contribution is -0.136. The van der Waals surface area contributed by atoms with Crippen LogP contribution in [0.25, 0.3) is 0 Å². The summed E-state index contributed by atoms with van der Waals surface area (Å²) in [5.41, 5.74) is 1.35. The van der Waals surface area contributed by atoms with Gasteiger partial charge in [-0.3, -0.25) is 4.79 Å². The Morgan fingerprint density at radius 1 is 1.64 bits per heavy atom. The lowest BCUT2D eigenvalue weighted by atomic mass is 9.81. The van der Waals surface area contributed by atoms with Crippen LogP contribution < -0.4 is 0 Å². The molecule has 1 N–H and O–H groups in total. The van der Waals surface area contributed by atoms with Crippen molar-refractivity contribution < 1.29 is 9.90 Å². The third-order valence-electron chi connectivity index (χ3n) is 3.15. The van der Waals surface area contributed by atoms with Gasteiger partial charge < -0.3 is 5.11 Å². The summed E-state index contributed by atoms with van der Waals surface area (Å²) >= 11 is 0. The Kier molecular flexibility index (Phi) is 4.18. The Morgan fingerprint density at radius 3 is 2.79 bits per heavy atom. The first-order valence-corrected chi connectivity index (χ1v) is 5.49. The van der Waals surface area contributed by atoms with Crippen LogP contribution in [-0.2, 0) is 4.79 Å². The Hall–Kier alpha value is -0.790.